The van der Waals surface area contributed by atoms with Crippen LogP contribution in [-0.2, 0) is 19.2 Å². The smallest absolute Gasteiger partial charge is 0.317 e. The first-order chi connectivity index (χ1) is 12.5. The lowest BCUT2D eigenvalue weighted by Crippen LogP contribution is -2.58. The molecule has 1 fully saturated rings. The minimum atomic E-state index is -1.19. The zero-order valence-electron chi connectivity index (χ0n) is 15.6. The second-order valence-corrected chi connectivity index (χ2v) is 7.34. The van der Waals surface area contributed by atoms with Gasteiger partial charge in [-0.1, -0.05) is 13.8 Å². The second kappa shape index (κ2) is 10.2. The van der Waals surface area contributed by atoms with Gasteiger partial charge in [0.2, 0.25) is 0 Å². The Morgan fingerprint density at radius 1 is 0.741 bits per heavy atom. The Bertz CT molecular complexity index is 533. The third-order valence-electron chi connectivity index (χ3n) is 5.06. The number of rotatable bonds is 11. The van der Waals surface area contributed by atoms with Gasteiger partial charge in [0.15, 0.2) is 0 Å². The van der Waals surface area contributed by atoms with Gasteiger partial charge in [-0.05, 0) is 31.1 Å². The number of carbonyl (C=O) groups is 4. The fraction of sp³-hybridized carbons (Fsp3) is 0.765. The molecule has 0 aromatic rings. The van der Waals surface area contributed by atoms with Crippen LogP contribution >= 0.6 is 0 Å². The van der Waals surface area contributed by atoms with E-state index >= 15 is 0 Å². The van der Waals surface area contributed by atoms with Crippen molar-refractivity contribution in [3.8, 4) is 0 Å². The lowest BCUT2D eigenvalue weighted by Gasteiger charge is -2.46. The van der Waals surface area contributed by atoms with E-state index in [1.807, 2.05) is 13.8 Å². The molecule has 0 heterocycles. The van der Waals surface area contributed by atoms with Crippen molar-refractivity contribution in [2.24, 2.45) is 11.8 Å². The summed E-state index contributed by atoms with van der Waals surface area (Å²) in [5, 5.41) is 36.7. The monoisotopic (exact) mass is 388 g/mol. The van der Waals surface area contributed by atoms with Crippen LogP contribution in [-0.4, -0.2) is 92.4 Å². The molecule has 3 atom stereocenters. The molecule has 27 heavy (non-hydrogen) atoms. The normalized spacial score (nSPS) is 22.9. The van der Waals surface area contributed by atoms with E-state index in [-0.39, 0.29) is 11.8 Å². The predicted octanol–water partition coefficient (Wildman–Crippen LogP) is 0.122. The van der Waals surface area contributed by atoms with Gasteiger partial charge in [-0.3, -0.25) is 29.0 Å². The summed E-state index contributed by atoms with van der Waals surface area (Å²) in [6, 6.07) is -1.11. The maximum atomic E-state index is 11.2. The van der Waals surface area contributed by atoms with E-state index in [9.17, 15) is 29.4 Å². The summed E-state index contributed by atoms with van der Waals surface area (Å²) in [5.74, 6) is -4.26. The molecule has 0 saturated heterocycles. The molecule has 0 radical (unpaired) electrons. The van der Waals surface area contributed by atoms with Crippen molar-refractivity contribution in [3.63, 3.8) is 0 Å². The maximum Gasteiger partial charge on any atom is 0.317 e. The average Bonchev–Trinajstić information content (AvgIpc) is 2.51. The Morgan fingerprint density at radius 2 is 1.11 bits per heavy atom. The van der Waals surface area contributed by atoms with Crippen molar-refractivity contribution in [3.05, 3.63) is 0 Å². The molecule has 0 bridgehead atoms. The fourth-order valence-corrected chi connectivity index (χ4v) is 3.86. The Labute approximate surface area is 157 Å². The van der Waals surface area contributed by atoms with Crippen molar-refractivity contribution in [1.29, 1.82) is 0 Å². The minimum absolute atomic E-state index is 0.216. The van der Waals surface area contributed by atoms with Crippen LogP contribution in [0.2, 0.25) is 0 Å². The van der Waals surface area contributed by atoms with Crippen LogP contribution in [0, 0.1) is 11.8 Å². The second-order valence-electron chi connectivity index (χ2n) is 7.34. The number of aliphatic carboxylic acids is 4. The molecule has 0 aromatic heterocycles. The van der Waals surface area contributed by atoms with Gasteiger partial charge in [0.25, 0.3) is 0 Å². The van der Waals surface area contributed by atoms with Gasteiger partial charge in [-0.2, -0.15) is 0 Å². The highest BCUT2D eigenvalue weighted by atomic mass is 16.4. The Morgan fingerprint density at radius 3 is 1.44 bits per heavy atom. The van der Waals surface area contributed by atoms with Crippen LogP contribution in [0.25, 0.3) is 0 Å². The Balaban J connectivity index is 3.21. The van der Waals surface area contributed by atoms with Gasteiger partial charge in [0.05, 0.1) is 26.2 Å². The molecule has 10 heteroatoms. The van der Waals surface area contributed by atoms with Crippen molar-refractivity contribution in [1.82, 2.24) is 9.80 Å². The molecule has 0 aromatic carbocycles. The Kier molecular flexibility index (Phi) is 8.64. The molecule has 0 amide bonds. The number of carboxylic acid groups (broad SMARTS) is 4. The first-order valence-corrected chi connectivity index (χ1v) is 8.86. The third-order valence-corrected chi connectivity index (χ3v) is 5.06. The predicted molar refractivity (Wildman–Crippen MR) is 93.4 cm³/mol. The van der Waals surface area contributed by atoms with Crippen molar-refractivity contribution in [2.45, 2.75) is 45.2 Å². The summed E-state index contributed by atoms with van der Waals surface area (Å²) in [6.45, 7) is 2.01. The topological polar surface area (TPSA) is 156 Å². The van der Waals surface area contributed by atoms with E-state index in [1.54, 1.807) is 0 Å². The van der Waals surface area contributed by atoms with Crippen LogP contribution in [0.3, 0.4) is 0 Å². The van der Waals surface area contributed by atoms with Crippen LogP contribution in [0.1, 0.15) is 33.1 Å². The molecular weight excluding hydrogens is 360 g/mol. The maximum absolute atomic E-state index is 11.2. The van der Waals surface area contributed by atoms with Crippen molar-refractivity contribution >= 4 is 23.9 Å². The highest BCUT2D eigenvalue weighted by molar-refractivity contribution is 5.73. The van der Waals surface area contributed by atoms with Gasteiger partial charge in [-0.15, -0.1) is 0 Å². The number of hydrogen-bond donors (Lipinski definition) is 4. The zero-order valence-corrected chi connectivity index (χ0v) is 15.6. The fourth-order valence-electron chi connectivity index (χ4n) is 3.86. The van der Waals surface area contributed by atoms with E-state index in [0.29, 0.717) is 12.8 Å². The van der Waals surface area contributed by atoms with E-state index in [4.69, 9.17) is 10.2 Å². The minimum Gasteiger partial charge on any atom is -0.480 e. The number of nitrogens with zero attached hydrogens (tertiary/aromatic N) is 2. The largest absolute Gasteiger partial charge is 0.480 e. The van der Waals surface area contributed by atoms with E-state index in [1.165, 1.54) is 9.80 Å². The highest BCUT2D eigenvalue weighted by Gasteiger charge is 2.40. The van der Waals surface area contributed by atoms with E-state index in [2.05, 4.69) is 0 Å². The summed E-state index contributed by atoms with van der Waals surface area (Å²) in [6.07, 6.45) is 1.70. The lowest BCUT2D eigenvalue weighted by atomic mass is 9.75. The SMILES string of the molecule is CC(C)C1CCC(N(CC(=O)O)CC(=O)O)C(N(CC(=O)O)CC(=O)O)C1. The van der Waals surface area contributed by atoms with Crippen LogP contribution in [0.15, 0.2) is 0 Å². The van der Waals surface area contributed by atoms with Gasteiger partial charge in [-0.25, -0.2) is 0 Å². The Hall–Kier alpha value is -2.20. The van der Waals surface area contributed by atoms with Gasteiger partial charge >= 0.3 is 23.9 Å². The zero-order chi connectivity index (χ0) is 20.7. The van der Waals surface area contributed by atoms with Gasteiger partial charge in [0, 0.05) is 12.1 Å². The molecule has 1 aliphatic carbocycles. The molecule has 1 rings (SSSR count). The van der Waals surface area contributed by atoms with E-state index < -0.39 is 62.1 Å². The van der Waals surface area contributed by atoms with E-state index in [0.717, 1.165) is 6.42 Å². The summed E-state index contributed by atoms with van der Waals surface area (Å²) in [5.41, 5.74) is 0. The molecule has 1 aliphatic rings. The van der Waals surface area contributed by atoms with Gasteiger partial charge < -0.3 is 20.4 Å². The van der Waals surface area contributed by atoms with Crippen LogP contribution < -0.4 is 0 Å². The first-order valence-electron chi connectivity index (χ1n) is 8.86. The molecule has 3 unspecified atom stereocenters. The van der Waals surface area contributed by atoms with Crippen LogP contribution in [0.5, 0.6) is 0 Å². The number of carboxylic acids is 4. The standard InChI is InChI=1S/C17H28N2O8/c1-10(2)11-3-4-12(18(6-14(20)21)7-15(22)23)13(5-11)19(8-16(24)25)9-17(26)27/h10-13H,3-9H2,1-2H3,(H,20,21)(H,22,23)(H,24,25)(H,26,27). The molecule has 0 spiro atoms. The summed E-state index contributed by atoms with van der Waals surface area (Å²) < 4.78 is 0. The summed E-state index contributed by atoms with van der Waals surface area (Å²) in [7, 11) is 0. The molecular formula is C17H28N2O8. The summed E-state index contributed by atoms with van der Waals surface area (Å²) in [4.78, 5) is 47.5. The number of hydrogen-bond acceptors (Lipinski definition) is 6. The molecule has 4 N–H and O–H groups in total. The molecule has 0 aliphatic heterocycles. The molecule has 154 valence electrons. The lowest BCUT2D eigenvalue weighted by molar-refractivity contribution is -0.149. The average molecular weight is 388 g/mol. The summed E-state index contributed by atoms with van der Waals surface area (Å²) >= 11 is 0. The molecule has 1 saturated carbocycles. The highest BCUT2D eigenvalue weighted by Crippen LogP contribution is 2.35. The third kappa shape index (κ3) is 7.51. The quantitative estimate of drug-likeness (QED) is 0.383. The van der Waals surface area contributed by atoms with Crippen molar-refractivity contribution < 1.29 is 39.6 Å². The van der Waals surface area contributed by atoms with Gasteiger partial charge in [0.1, 0.15) is 0 Å². The first kappa shape index (κ1) is 22.8. The molecule has 10 nitrogen and oxygen atoms in total. The van der Waals surface area contributed by atoms with Crippen molar-refractivity contribution in [2.75, 3.05) is 26.2 Å². The van der Waals surface area contributed by atoms with Crippen LogP contribution in [0.4, 0.5) is 0 Å².